The molecule has 0 spiro atoms. The zero-order valence-electron chi connectivity index (χ0n) is 11.7. The Bertz CT molecular complexity index is 552. The molecule has 0 saturated carbocycles. The van der Waals surface area contributed by atoms with Crippen LogP contribution in [0.15, 0.2) is 29.0 Å². The van der Waals surface area contributed by atoms with Crippen molar-refractivity contribution in [2.45, 2.75) is 32.7 Å². The van der Waals surface area contributed by atoms with Crippen LogP contribution in [0.4, 0.5) is 8.78 Å². The van der Waals surface area contributed by atoms with E-state index in [2.05, 4.69) is 16.8 Å². The SMILES string of the molecule is CCNC(CCc1ccsc1)c1c(F)ccc(C)c1F. The molecule has 0 radical (unpaired) electrons. The summed E-state index contributed by atoms with van der Waals surface area (Å²) in [5.41, 5.74) is 1.87. The van der Waals surface area contributed by atoms with Gasteiger partial charge in [-0.1, -0.05) is 13.0 Å². The molecular formula is C16H19F2NS. The molecule has 2 aromatic rings. The van der Waals surface area contributed by atoms with E-state index in [-0.39, 0.29) is 11.6 Å². The second-order valence-corrected chi connectivity index (χ2v) is 5.65. The zero-order valence-corrected chi connectivity index (χ0v) is 12.6. The van der Waals surface area contributed by atoms with Gasteiger partial charge < -0.3 is 5.32 Å². The van der Waals surface area contributed by atoms with Gasteiger partial charge in [-0.05, 0) is 60.3 Å². The third kappa shape index (κ3) is 3.44. The van der Waals surface area contributed by atoms with Crippen molar-refractivity contribution in [3.8, 4) is 0 Å². The first-order chi connectivity index (χ1) is 9.63. The molecule has 1 aromatic carbocycles. The van der Waals surface area contributed by atoms with Crippen LogP contribution >= 0.6 is 11.3 Å². The molecule has 1 atom stereocenters. The monoisotopic (exact) mass is 295 g/mol. The van der Waals surface area contributed by atoms with Gasteiger partial charge in [0.2, 0.25) is 0 Å². The summed E-state index contributed by atoms with van der Waals surface area (Å²) in [6, 6.07) is 4.59. The molecule has 108 valence electrons. The quantitative estimate of drug-likeness (QED) is 0.820. The van der Waals surface area contributed by atoms with E-state index >= 15 is 0 Å². The molecule has 1 aromatic heterocycles. The summed E-state index contributed by atoms with van der Waals surface area (Å²) >= 11 is 1.64. The first kappa shape index (κ1) is 15.1. The number of aryl methyl sites for hydroxylation is 2. The molecule has 4 heteroatoms. The lowest BCUT2D eigenvalue weighted by Crippen LogP contribution is -2.24. The molecule has 0 bridgehead atoms. The Kier molecular flexibility index (Phi) is 5.26. The minimum atomic E-state index is -0.468. The summed E-state index contributed by atoms with van der Waals surface area (Å²) in [7, 11) is 0. The van der Waals surface area contributed by atoms with Crippen LogP contribution in [0.3, 0.4) is 0 Å². The summed E-state index contributed by atoms with van der Waals surface area (Å²) in [5, 5.41) is 7.29. The zero-order chi connectivity index (χ0) is 14.5. The number of benzene rings is 1. The smallest absolute Gasteiger partial charge is 0.133 e. The van der Waals surface area contributed by atoms with Crippen molar-refractivity contribution in [2.75, 3.05) is 6.54 Å². The maximum absolute atomic E-state index is 14.2. The third-order valence-electron chi connectivity index (χ3n) is 3.42. The number of thiophene rings is 1. The van der Waals surface area contributed by atoms with Crippen LogP contribution in [0.2, 0.25) is 0 Å². The molecular weight excluding hydrogens is 276 g/mol. The Morgan fingerprint density at radius 3 is 2.70 bits per heavy atom. The van der Waals surface area contributed by atoms with Crippen LogP contribution < -0.4 is 5.32 Å². The maximum Gasteiger partial charge on any atom is 0.133 e. The van der Waals surface area contributed by atoms with Crippen molar-refractivity contribution in [3.05, 3.63) is 57.3 Å². The van der Waals surface area contributed by atoms with E-state index in [4.69, 9.17) is 0 Å². The van der Waals surface area contributed by atoms with Gasteiger partial charge in [0.25, 0.3) is 0 Å². The fourth-order valence-corrected chi connectivity index (χ4v) is 3.04. The number of nitrogens with one attached hydrogen (secondary N) is 1. The van der Waals surface area contributed by atoms with E-state index in [1.807, 2.05) is 12.3 Å². The van der Waals surface area contributed by atoms with Gasteiger partial charge in [-0.2, -0.15) is 11.3 Å². The van der Waals surface area contributed by atoms with Crippen LogP contribution in [-0.4, -0.2) is 6.54 Å². The molecule has 0 fully saturated rings. The molecule has 0 aliphatic carbocycles. The molecule has 0 aliphatic heterocycles. The van der Waals surface area contributed by atoms with Gasteiger partial charge in [0.05, 0.1) is 0 Å². The van der Waals surface area contributed by atoms with E-state index in [1.54, 1.807) is 18.3 Å². The largest absolute Gasteiger partial charge is 0.310 e. The van der Waals surface area contributed by atoms with Crippen molar-refractivity contribution in [3.63, 3.8) is 0 Å². The topological polar surface area (TPSA) is 12.0 Å². The van der Waals surface area contributed by atoms with Crippen LogP contribution in [0.5, 0.6) is 0 Å². The van der Waals surface area contributed by atoms with E-state index in [1.165, 1.54) is 17.7 Å². The summed E-state index contributed by atoms with van der Waals surface area (Å²) in [5.74, 6) is -0.898. The Hall–Kier alpha value is -1.26. The predicted molar refractivity (Wildman–Crippen MR) is 80.2 cm³/mol. The highest BCUT2D eigenvalue weighted by atomic mass is 32.1. The summed E-state index contributed by atoms with van der Waals surface area (Å²) in [6.07, 6.45) is 1.50. The van der Waals surface area contributed by atoms with E-state index < -0.39 is 11.6 Å². The third-order valence-corrected chi connectivity index (χ3v) is 4.15. The van der Waals surface area contributed by atoms with Crippen molar-refractivity contribution in [1.29, 1.82) is 0 Å². The van der Waals surface area contributed by atoms with Gasteiger partial charge in [-0.3, -0.25) is 0 Å². The number of hydrogen-bond donors (Lipinski definition) is 1. The van der Waals surface area contributed by atoms with Crippen molar-refractivity contribution in [1.82, 2.24) is 5.32 Å². The first-order valence-electron chi connectivity index (χ1n) is 6.82. The van der Waals surface area contributed by atoms with Crippen LogP contribution in [-0.2, 0) is 6.42 Å². The van der Waals surface area contributed by atoms with Gasteiger partial charge in [0.15, 0.2) is 0 Å². The van der Waals surface area contributed by atoms with Gasteiger partial charge in [0.1, 0.15) is 11.6 Å². The highest BCUT2D eigenvalue weighted by Crippen LogP contribution is 2.27. The molecule has 2 rings (SSSR count). The van der Waals surface area contributed by atoms with E-state index in [9.17, 15) is 8.78 Å². The second-order valence-electron chi connectivity index (χ2n) is 4.87. The number of halogens is 2. The van der Waals surface area contributed by atoms with Crippen LogP contribution in [0.25, 0.3) is 0 Å². The minimum Gasteiger partial charge on any atom is -0.310 e. The molecule has 0 saturated heterocycles. The molecule has 1 unspecified atom stereocenters. The standard InChI is InChI=1S/C16H19F2NS/c1-3-19-14(7-5-12-8-9-20-10-12)15-13(17)6-4-11(2)16(15)18/h4,6,8-10,14,19H,3,5,7H2,1-2H3. The lowest BCUT2D eigenvalue weighted by atomic mass is 9.97. The van der Waals surface area contributed by atoms with Crippen molar-refractivity contribution < 1.29 is 8.78 Å². The van der Waals surface area contributed by atoms with Crippen LogP contribution in [0.1, 0.15) is 36.1 Å². The molecule has 0 amide bonds. The fraction of sp³-hybridized carbons (Fsp3) is 0.375. The Morgan fingerprint density at radius 2 is 2.05 bits per heavy atom. The van der Waals surface area contributed by atoms with Gasteiger partial charge >= 0.3 is 0 Å². The lowest BCUT2D eigenvalue weighted by Gasteiger charge is -2.20. The Balaban J connectivity index is 2.21. The first-order valence-corrected chi connectivity index (χ1v) is 7.76. The van der Waals surface area contributed by atoms with E-state index in [0.717, 1.165) is 6.42 Å². The number of hydrogen-bond acceptors (Lipinski definition) is 2. The Labute approximate surface area is 122 Å². The maximum atomic E-state index is 14.2. The molecule has 1 heterocycles. The second kappa shape index (κ2) is 6.95. The average Bonchev–Trinajstić information content (AvgIpc) is 2.94. The molecule has 1 N–H and O–H groups in total. The lowest BCUT2D eigenvalue weighted by molar-refractivity contribution is 0.452. The number of rotatable bonds is 6. The Morgan fingerprint density at radius 1 is 1.25 bits per heavy atom. The fourth-order valence-electron chi connectivity index (χ4n) is 2.34. The van der Waals surface area contributed by atoms with Crippen molar-refractivity contribution in [2.24, 2.45) is 0 Å². The predicted octanol–water partition coefficient (Wildman–Crippen LogP) is 4.62. The van der Waals surface area contributed by atoms with Crippen LogP contribution in [0, 0.1) is 18.6 Å². The summed E-state index contributed by atoms with van der Waals surface area (Å²) in [4.78, 5) is 0. The normalized spacial score (nSPS) is 12.6. The van der Waals surface area contributed by atoms with Gasteiger partial charge in [-0.25, -0.2) is 8.78 Å². The summed E-state index contributed by atoms with van der Waals surface area (Å²) < 4.78 is 28.2. The summed E-state index contributed by atoms with van der Waals surface area (Å²) in [6.45, 7) is 4.30. The molecule has 20 heavy (non-hydrogen) atoms. The minimum absolute atomic E-state index is 0.169. The van der Waals surface area contributed by atoms with Gasteiger partial charge in [0, 0.05) is 11.6 Å². The highest BCUT2D eigenvalue weighted by molar-refractivity contribution is 7.07. The molecule has 0 aliphatic rings. The molecule has 1 nitrogen and oxygen atoms in total. The van der Waals surface area contributed by atoms with Gasteiger partial charge in [-0.15, -0.1) is 0 Å². The average molecular weight is 295 g/mol. The van der Waals surface area contributed by atoms with Crippen molar-refractivity contribution >= 4 is 11.3 Å². The highest BCUT2D eigenvalue weighted by Gasteiger charge is 2.20. The van der Waals surface area contributed by atoms with E-state index in [0.29, 0.717) is 18.5 Å².